The van der Waals surface area contributed by atoms with Crippen LogP contribution in [0.1, 0.15) is 51.9 Å². The van der Waals surface area contributed by atoms with Gasteiger partial charge in [0, 0.05) is 40.5 Å². The van der Waals surface area contributed by atoms with E-state index >= 15 is 0 Å². The summed E-state index contributed by atoms with van der Waals surface area (Å²) in [6.07, 6.45) is 8.15. The van der Waals surface area contributed by atoms with Gasteiger partial charge in [0.25, 0.3) is 0 Å². The van der Waals surface area contributed by atoms with E-state index in [-0.39, 0.29) is 29.6 Å². The maximum absolute atomic E-state index is 6.22. The molecule has 25 heavy (non-hydrogen) atoms. The lowest BCUT2D eigenvalue weighted by atomic mass is 9.84. The summed E-state index contributed by atoms with van der Waals surface area (Å²) in [5, 5.41) is 6.80. The second kappa shape index (κ2) is 16.1. The molecular formula is C18H38IN3O3. The molecule has 0 heterocycles. The van der Waals surface area contributed by atoms with E-state index in [9.17, 15) is 0 Å². The van der Waals surface area contributed by atoms with E-state index in [1.165, 1.54) is 19.3 Å². The molecule has 150 valence electrons. The van der Waals surface area contributed by atoms with Gasteiger partial charge in [-0.2, -0.15) is 0 Å². The minimum absolute atomic E-state index is 0. The van der Waals surface area contributed by atoms with Crippen LogP contribution in [0.15, 0.2) is 4.99 Å². The maximum atomic E-state index is 6.22. The minimum atomic E-state index is -0.0187. The number of halogens is 1. The molecule has 0 atom stereocenters. The molecule has 1 rings (SSSR count). The van der Waals surface area contributed by atoms with E-state index in [4.69, 9.17) is 14.2 Å². The van der Waals surface area contributed by atoms with Crippen LogP contribution in [0.3, 0.4) is 0 Å². The Morgan fingerprint density at radius 1 is 1.04 bits per heavy atom. The number of nitrogens with one attached hydrogen (secondary N) is 2. The summed E-state index contributed by atoms with van der Waals surface area (Å²) in [5.74, 6) is 0.844. The Kier molecular flexibility index (Phi) is 16.0. The fraction of sp³-hybridized carbons (Fsp3) is 0.944. The average Bonchev–Trinajstić information content (AvgIpc) is 2.62. The predicted octanol–water partition coefficient (Wildman–Crippen LogP) is 2.95. The van der Waals surface area contributed by atoms with E-state index in [1.54, 1.807) is 7.11 Å². The van der Waals surface area contributed by atoms with Crippen molar-refractivity contribution in [3.63, 3.8) is 0 Å². The first kappa shape index (κ1) is 24.9. The van der Waals surface area contributed by atoms with Gasteiger partial charge < -0.3 is 24.8 Å². The van der Waals surface area contributed by atoms with Crippen LogP contribution in [0.4, 0.5) is 0 Å². The molecule has 1 aliphatic rings. The van der Waals surface area contributed by atoms with Crippen LogP contribution in [0.2, 0.25) is 0 Å². The van der Waals surface area contributed by atoms with Crippen molar-refractivity contribution in [1.29, 1.82) is 0 Å². The zero-order chi connectivity index (χ0) is 17.5. The first-order valence-corrected chi connectivity index (χ1v) is 9.41. The molecule has 6 nitrogen and oxygen atoms in total. The SMILES string of the molecule is CCCOC1(CNC(=NC)NCCCOCCOC)CCCCC1.I. The molecule has 0 spiro atoms. The number of nitrogens with zero attached hydrogens (tertiary/aromatic N) is 1. The van der Waals surface area contributed by atoms with E-state index in [0.717, 1.165) is 57.9 Å². The summed E-state index contributed by atoms with van der Waals surface area (Å²) in [6.45, 7) is 6.71. The Hall–Kier alpha value is -0.120. The van der Waals surface area contributed by atoms with Gasteiger partial charge in [0.1, 0.15) is 0 Å². The molecule has 0 saturated heterocycles. The summed E-state index contributed by atoms with van der Waals surface area (Å²) in [6, 6.07) is 0. The second-order valence-corrected chi connectivity index (χ2v) is 6.40. The normalized spacial score (nSPS) is 17.0. The highest BCUT2D eigenvalue weighted by Crippen LogP contribution is 2.31. The largest absolute Gasteiger partial charge is 0.382 e. The third-order valence-electron chi connectivity index (χ3n) is 4.37. The molecule has 2 N–H and O–H groups in total. The fourth-order valence-electron chi connectivity index (χ4n) is 2.98. The molecule has 1 aliphatic carbocycles. The Labute approximate surface area is 170 Å². The van der Waals surface area contributed by atoms with Gasteiger partial charge >= 0.3 is 0 Å². The van der Waals surface area contributed by atoms with Crippen molar-refractivity contribution in [3.05, 3.63) is 0 Å². The number of guanidine groups is 1. The number of ether oxygens (including phenoxy) is 3. The highest BCUT2D eigenvalue weighted by Gasteiger charge is 2.32. The van der Waals surface area contributed by atoms with Gasteiger partial charge in [-0.1, -0.05) is 26.2 Å². The molecular weight excluding hydrogens is 433 g/mol. The van der Waals surface area contributed by atoms with Crippen LogP contribution in [-0.2, 0) is 14.2 Å². The zero-order valence-corrected chi connectivity index (χ0v) is 18.6. The highest BCUT2D eigenvalue weighted by molar-refractivity contribution is 14.0. The Balaban J connectivity index is 0.00000576. The molecule has 0 amide bonds. The van der Waals surface area contributed by atoms with Crippen molar-refractivity contribution in [1.82, 2.24) is 10.6 Å². The Bertz CT molecular complexity index is 338. The minimum Gasteiger partial charge on any atom is -0.382 e. The molecule has 1 saturated carbocycles. The second-order valence-electron chi connectivity index (χ2n) is 6.40. The van der Waals surface area contributed by atoms with Gasteiger partial charge in [-0.05, 0) is 25.7 Å². The first-order valence-electron chi connectivity index (χ1n) is 9.41. The van der Waals surface area contributed by atoms with Crippen LogP contribution >= 0.6 is 24.0 Å². The quantitative estimate of drug-likeness (QED) is 0.198. The van der Waals surface area contributed by atoms with E-state index in [1.807, 2.05) is 7.05 Å². The molecule has 0 aromatic carbocycles. The van der Waals surface area contributed by atoms with Gasteiger partial charge in [-0.15, -0.1) is 24.0 Å². The van der Waals surface area contributed by atoms with Gasteiger partial charge in [0.2, 0.25) is 0 Å². The first-order chi connectivity index (χ1) is 11.8. The van der Waals surface area contributed by atoms with Crippen LogP contribution in [0.5, 0.6) is 0 Å². The molecule has 1 fully saturated rings. The average molecular weight is 471 g/mol. The lowest BCUT2D eigenvalue weighted by Gasteiger charge is -2.37. The lowest BCUT2D eigenvalue weighted by molar-refractivity contribution is -0.0657. The van der Waals surface area contributed by atoms with Crippen LogP contribution < -0.4 is 10.6 Å². The van der Waals surface area contributed by atoms with E-state index < -0.39 is 0 Å². The van der Waals surface area contributed by atoms with Crippen molar-refractivity contribution >= 4 is 29.9 Å². The van der Waals surface area contributed by atoms with Crippen LogP contribution in [0.25, 0.3) is 0 Å². The monoisotopic (exact) mass is 471 g/mol. The molecule has 0 unspecified atom stereocenters. The molecule has 0 aromatic rings. The summed E-state index contributed by atoms with van der Waals surface area (Å²) in [4.78, 5) is 4.31. The summed E-state index contributed by atoms with van der Waals surface area (Å²) in [7, 11) is 3.49. The van der Waals surface area contributed by atoms with E-state index in [0.29, 0.717) is 13.2 Å². The van der Waals surface area contributed by atoms with Crippen molar-refractivity contribution in [2.24, 2.45) is 4.99 Å². The topological polar surface area (TPSA) is 64.1 Å². The van der Waals surface area contributed by atoms with Crippen molar-refractivity contribution < 1.29 is 14.2 Å². The Morgan fingerprint density at radius 3 is 2.44 bits per heavy atom. The lowest BCUT2D eigenvalue weighted by Crippen LogP contribution is -2.49. The fourth-order valence-corrected chi connectivity index (χ4v) is 2.98. The van der Waals surface area contributed by atoms with Crippen molar-refractivity contribution in [2.45, 2.75) is 57.5 Å². The molecule has 0 radical (unpaired) electrons. The Morgan fingerprint density at radius 2 is 1.80 bits per heavy atom. The molecule has 0 aliphatic heterocycles. The van der Waals surface area contributed by atoms with E-state index in [2.05, 4.69) is 22.5 Å². The maximum Gasteiger partial charge on any atom is 0.191 e. The van der Waals surface area contributed by atoms with Gasteiger partial charge in [-0.25, -0.2) is 0 Å². The number of rotatable bonds is 12. The number of hydrogen-bond donors (Lipinski definition) is 2. The van der Waals surface area contributed by atoms with Gasteiger partial charge in [0.15, 0.2) is 5.96 Å². The number of aliphatic imine (C=N–C) groups is 1. The molecule has 0 aromatic heterocycles. The third-order valence-corrected chi connectivity index (χ3v) is 4.37. The number of methoxy groups -OCH3 is 1. The molecule has 7 heteroatoms. The van der Waals surface area contributed by atoms with Crippen molar-refractivity contribution in [2.75, 3.05) is 53.7 Å². The van der Waals surface area contributed by atoms with Crippen LogP contribution in [0, 0.1) is 0 Å². The summed E-state index contributed by atoms with van der Waals surface area (Å²) >= 11 is 0. The van der Waals surface area contributed by atoms with Crippen molar-refractivity contribution in [3.8, 4) is 0 Å². The predicted molar refractivity (Wildman–Crippen MR) is 114 cm³/mol. The van der Waals surface area contributed by atoms with Crippen LogP contribution in [-0.4, -0.2) is 65.2 Å². The van der Waals surface area contributed by atoms with Gasteiger partial charge in [0.05, 0.1) is 18.8 Å². The summed E-state index contributed by atoms with van der Waals surface area (Å²) in [5.41, 5.74) is -0.0187. The standard InChI is InChI=1S/C18H37N3O3.HI/c1-4-12-24-18(9-6-5-7-10-18)16-21-17(19-2)20-11-8-13-23-15-14-22-3;/h4-16H2,1-3H3,(H2,19,20,21);1H. The smallest absolute Gasteiger partial charge is 0.191 e. The number of hydrogen-bond acceptors (Lipinski definition) is 4. The third kappa shape index (κ3) is 11.2. The summed E-state index contributed by atoms with van der Waals surface area (Å²) < 4.78 is 16.6. The van der Waals surface area contributed by atoms with Gasteiger partial charge in [-0.3, -0.25) is 4.99 Å². The highest BCUT2D eigenvalue weighted by atomic mass is 127. The molecule has 0 bridgehead atoms. The zero-order valence-electron chi connectivity index (χ0n) is 16.3.